The molecule has 0 bridgehead atoms. The SMILES string of the molecule is CNc1nc(CSC2CCCC2)ncc1I. The molecule has 1 saturated carbocycles. The zero-order chi connectivity index (χ0) is 11.4. The molecule has 0 aromatic carbocycles. The van der Waals surface area contributed by atoms with Gasteiger partial charge in [-0.1, -0.05) is 12.8 Å². The molecule has 0 amide bonds. The van der Waals surface area contributed by atoms with Crippen LogP contribution in [0.4, 0.5) is 5.82 Å². The molecular formula is C11H16IN3S. The number of aromatic nitrogens is 2. The third kappa shape index (κ3) is 3.23. The molecule has 2 rings (SSSR count). The molecule has 16 heavy (non-hydrogen) atoms. The number of nitrogens with one attached hydrogen (secondary N) is 1. The fraction of sp³-hybridized carbons (Fsp3) is 0.636. The van der Waals surface area contributed by atoms with Crippen molar-refractivity contribution in [1.82, 2.24) is 9.97 Å². The van der Waals surface area contributed by atoms with E-state index in [0.717, 1.165) is 26.2 Å². The predicted molar refractivity (Wildman–Crippen MR) is 77.8 cm³/mol. The summed E-state index contributed by atoms with van der Waals surface area (Å²) in [4.78, 5) is 8.87. The Kier molecular flexibility index (Phi) is 4.69. The third-order valence-electron chi connectivity index (χ3n) is 2.78. The van der Waals surface area contributed by atoms with Gasteiger partial charge < -0.3 is 5.32 Å². The summed E-state index contributed by atoms with van der Waals surface area (Å²) in [6.45, 7) is 0. The maximum Gasteiger partial charge on any atom is 0.142 e. The van der Waals surface area contributed by atoms with Crippen LogP contribution >= 0.6 is 34.4 Å². The van der Waals surface area contributed by atoms with E-state index in [4.69, 9.17) is 0 Å². The van der Waals surface area contributed by atoms with Gasteiger partial charge in [-0.15, -0.1) is 0 Å². The van der Waals surface area contributed by atoms with E-state index >= 15 is 0 Å². The lowest BCUT2D eigenvalue weighted by Gasteiger charge is -2.09. The molecule has 1 heterocycles. The van der Waals surface area contributed by atoms with Crippen LogP contribution in [0.3, 0.4) is 0 Å². The van der Waals surface area contributed by atoms with Gasteiger partial charge in [-0.3, -0.25) is 0 Å². The summed E-state index contributed by atoms with van der Waals surface area (Å²) in [7, 11) is 1.90. The molecule has 0 saturated heterocycles. The molecule has 0 radical (unpaired) electrons. The number of nitrogens with zero attached hydrogens (tertiary/aromatic N) is 2. The Morgan fingerprint density at radius 2 is 2.25 bits per heavy atom. The lowest BCUT2D eigenvalue weighted by atomic mass is 10.4. The second kappa shape index (κ2) is 6.05. The average Bonchev–Trinajstić information content (AvgIpc) is 2.81. The second-order valence-electron chi connectivity index (χ2n) is 3.95. The van der Waals surface area contributed by atoms with Crippen molar-refractivity contribution in [2.75, 3.05) is 12.4 Å². The van der Waals surface area contributed by atoms with Crippen LogP contribution in [0.5, 0.6) is 0 Å². The summed E-state index contributed by atoms with van der Waals surface area (Å²) < 4.78 is 1.08. The summed E-state index contributed by atoms with van der Waals surface area (Å²) in [5.74, 6) is 2.83. The summed E-state index contributed by atoms with van der Waals surface area (Å²) in [5, 5.41) is 3.93. The van der Waals surface area contributed by atoms with E-state index in [1.54, 1.807) is 0 Å². The first-order chi connectivity index (χ1) is 7.79. The zero-order valence-electron chi connectivity index (χ0n) is 9.37. The van der Waals surface area contributed by atoms with Crippen molar-refractivity contribution in [2.45, 2.75) is 36.7 Å². The molecule has 3 nitrogen and oxygen atoms in total. The van der Waals surface area contributed by atoms with Crippen LogP contribution in [0, 0.1) is 3.57 Å². The van der Waals surface area contributed by atoms with E-state index in [0.29, 0.717) is 0 Å². The molecule has 88 valence electrons. The molecule has 1 fully saturated rings. The number of thioether (sulfide) groups is 1. The van der Waals surface area contributed by atoms with Gasteiger partial charge in [0, 0.05) is 18.5 Å². The maximum atomic E-state index is 4.50. The molecule has 1 aliphatic carbocycles. The Labute approximate surface area is 114 Å². The summed E-state index contributed by atoms with van der Waals surface area (Å²) in [6.07, 6.45) is 7.42. The van der Waals surface area contributed by atoms with Crippen LogP contribution in [0.2, 0.25) is 0 Å². The van der Waals surface area contributed by atoms with Gasteiger partial charge in [-0.2, -0.15) is 11.8 Å². The Hall–Kier alpha value is -0.0400. The van der Waals surface area contributed by atoms with Crippen LogP contribution in [-0.4, -0.2) is 22.3 Å². The standard InChI is InChI=1S/C11H16IN3S/c1-13-11-9(12)6-14-10(15-11)7-16-8-4-2-3-5-8/h6,8H,2-5,7H2,1H3,(H,13,14,15). The molecule has 0 aliphatic heterocycles. The minimum absolute atomic E-state index is 0.834. The van der Waals surface area contributed by atoms with E-state index < -0.39 is 0 Å². The van der Waals surface area contributed by atoms with Gasteiger partial charge in [0.15, 0.2) is 0 Å². The highest BCUT2D eigenvalue weighted by Gasteiger charge is 2.15. The molecule has 1 aromatic rings. The van der Waals surface area contributed by atoms with Crippen molar-refractivity contribution >= 4 is 40.2 Å². The first-order valence-corrected chi connectivity index (χ1v) is 7.73. The minimum Gasteiger partial charge on any atom is -0.372 e. The smallest absolute Gasteiger partial charge is 0.142 e. The van der Waals surface area contributed by atoms with E-state index in [9.17, 15) is 0 Å². The fourth-order valence-corrected chi connectivity index (χ4v) is 3.62. The van der Waals surface area contributed by atoms with Crippen LogP contribution in [-0.2, 0) is 5.75 Å². The van der Waals surface area contributed by atoms with Crippen molar-refractivity contribution in [1.29, 1.82) is 0 Å². The van der Waals surface area contributed by atoms with E-state index in [2.05, 4.69) is 37.9 Å². The van der Waals surface area contributed by atoms with E-state index in [-0.39, 0.29) is 0 Å². The van der Waals surface area contributed by atoms with Gasteiger partial charge in [0.1, 0.15) is 11.6 Å². The van der Waals surface area contributed by atoms with Crippen molar-refractivity contribution in [2.24, 2.45) is 0 Å². The monoisotopic (exact) mass is 349 g/mol. The summed E-state index contributed by atoms with van der Waals surface area (Å²) in [5.41, 5.74) is 0. The van der Waals surface area contributed by atoms with Gasteiger partial charge in [0.05, 0.1) is 9.32 Å². The van der Waals surface area contributed by atoms with Crippen LogP contribution in [0.25, 0.3) is 0 Å². The molecular weight excluding hydrogens is 333 g/mol. The van der Waals surface area contributed by atoms with Gasteiger partial charge in [0.25, 0.3) is 0 Å². The first-order valence-electron chi connectivity index (χ1n) is 5.60. The number of hydrogen-bond acceptors (Lipinski definition) is 4. The number of anilines is 1. The van der Waals surface area contributed by atoms with Gasteiger partial charge >= 0.3 is 0 Å². The van der Waals surface area contributed by atoms with Crippen molar-refractivity contribution < 1.29 is 0 Å². The Morgan fingerprint density at radius 3 is 2.94 bits per heavy atom. The van der Waals surface area contributed by atoms with Crippen LogP contribution in [0.1, 0.15) is 31.5 Å². The quantitative estimate of drug-likeness (QED) is 0.847. The largest absolute Gasteiger partial charge is 0.372 e. The lowest BCUT2D eigenvalue weighted by Crippen LogP contribution is -2.03. The number of rotatable bonds is 4. The van der Waals surface area contributed by atoms with Crippen molar-refractivity contribution in [3.63, 3.8) is 0 Å². The molecule has 1 aliphatic rings. The normalized spacial score (nSPS) is 16.6. The lowest BCUT2D eigenvalue weighted by molar-refractivity contribution is 0.886. The molecule has 5 heteroatoms. The van der Waals surface area contributed by atoms with Crippen molar-refractivity contribution in [3.05, 3.63) is 15.6 Å². The van der Waals surface area contributed by atoms with Crippen LogP contribution in [0.15, 0.2) is 6.20 Å². The molecule has 0 atom stereocenters. The van der Waals surface area contributed by atoms with Gasteiger partial charge in [0.2, 0.25) is 0 Å². The van der Waals surface area contributed by atoms with Gasteiger partial charge in [-0.05, 0) is 35.4 Å². The highest BCUT2D eigenvalue weighted by atomic mass is 127. The average molecular weight is 349 g/mol. The molecule has 1 N–H and O–H groups in total. The topological polar surface area (TPSA) is 37.8 Å². The third-order valence-corrected chi connectivity index (χ3v) is 4.94. The first kappa shape index (κ1) is 12.4. The minimum atomic E-state index is 0.834. The van der Waals surface area contributed by atoms with Gasteiger partial charge in [-0.25, -0.2) is 9.97 Å². The molecule has 1 aromatic heterocycles. The highest BCUT2D eigenvalue weighted by Crippen LogP contribution is 2.31. The van der Waals surface area contributed by atoms with E-state index in [1.807, 2.05) is 25.0 Å². The highest BCUT2D eigenvalue weighted by molar-refractivity contribution is 14.1. The number of hydrogen-bond donors (Lipinski definition) is 1. The fourth-order valence-electron chi connectivity index (χ4n) is 1.90. The van der Waals surface area contributed by atoms with E-state index in [1.165, 1.54) is 25.7 Å². The summed E-state index contributed by atoms with van der Waals surface area (Å²) in [6, 6.07) is 0. The molecule has 0 unspecified atom stereocenters. The zero-order valence-corrected chi connectivity index (χ0v) is 12.3. The molecule has 0 spiro atoms. The Balaban J connectivity index is 1.93. The number of halogens is 1. The second-order valence-corrected chi connectivity index (χ2v) is 6.40. The Bertz CT molecular complexity index is 353. The Morgan fingerprint density at radius 1 is 1.50 bits per heavy atom. The maximum absolute atomic E-state index is 4.50. The van der Waals surface area contributed by atoms with Crippen LogP contribution < -0.4 is 5.32 Å². The van der Waals surface area contributed by atoms with Crippen molar-refractivity contribution in [3.8, 4) is 0 Å². The predicted octanol–water partition coefficient (Wildman–Crippen LogP) is 3.30. The summed E-state index contributed by atoms with van der Waals surface area (Å²) >= 11 is 4.26.